The summed E-state index contributed by atoms with van der Waals surface area (Å²) in [6.45, 7) is 8.60. The number of piperidine rings is 1. The first-order valence-electron chi connectivity index (χ1n) is 11.2. The molecule has 160 valence electrons. The van der Waals surface area contributed by atoms with Crippen LogP contribution >= 0.6 is 0 Å². The van der Waals surface area contributed by atoms with Gasteiger partial charge in [0.25, 0.3) is 0 Å². The monoisotopic (exact) mass is 401 g/mol. The average molecular weight is 402 g/mol. The molecule has 1 aromatic rings. The normalized spacial score (nSPS) is 31.3. The van der Waals surface area contributed by atoms with E-state index in [0.717, 1.165) is 57.4 Å². The molecule has 1 N–H and O–H groups in total. The van der Waals surface area contributed by atoms with Crippen molar-refractivity contribution in [1.82, 2.24) is 15.1 Å². The Balaban J connectivity index is 1.14. The van der Waals surface area contributed by atoms with Crippen molar-refractivity contribution in [3.05, 3.63) is 35.9 Å². The van der Waals surface area contributed by atoms with Crippen LogP contribution in [-0.2, 0) is 16.1 Å². The van der Waals surface area contributed by atoms with Crippen molar-refractivity contribution in [2.45, 2.75) is 76.5 Å². The van der Waals surface area contributed by atoms with Gasteiger partial charge < -0.3 is 19.7 Å². The number of hydrogen-bond acceptors (Lipinski definition) is 5. The van der Waals surface area contributed by atoms with Crippen molar-refractivity contribution in [3.8, 4) is 0 Å². The van der Waals surface area contributed by atoms with Gasteiger partial charge in [0.15, 0.2) is 0 Å². The lowest BCUT2D eigenvalue weighted by Crippen LogP contribution is -2.62. The fourth-order valence-corrected chi connectivity index (χ4v) is 5.02. The van der Waals surface area contributed by atoms with Gasteiger partial charge >= 0.3 is 6.09 Å². The van der Waals surface area contributed by atoms with Gasteiger partial charge in [0.1, 0.15) is 6.61 Å². The Kier molecular flexibility index (Phi) is 6.73. The Morgan fingerprint density at radius 3 is 2.34 bits per heavy atom. The molecule has 1 aromatic carbocycles. The minimum Gasteiger partial charge on any atom is -0.445 e. The second-order valence-corrected chi connectivity index (χ2v) is 8.91. The van der Waals surface area contributed by atoms with Crippen LogP contribution in [0.4, 0.5) is 4.79 Å². The number of benzene rings is 1. The predicted molar refractivity (Wildman–Crippen MR) is 113 cm³/mol. The fourth-order valence-electron chi connectivity index (χ4n) is 5.02. The topological polar surface area (TPSA) is 54.0 Å². The number of hydrogen-bond donors (Lipinski definition) is 1. The lowest BCUT2D eigenvalue weighted by molar-refractivity contribution is -0.115. The highest BCUT2D eigenvalue weighted by Gasteiger charge is 2.40. The second-order valence-electron chi connectivity index (χ2n) is 8.91. The van der Waals surface area contributed by atoms with Crippen molar-refractivity contribution in [2.75, 3.05) is 26.2 Å². The molecule has 2 heterocycles. The fraction of sp³-hybridized carbons (Fsp3) is 0.696. The van der Waals surface area contributed by atoms with E-state index in [1.807, 2.05) is 35.2 Å². The smallest absolute Gasteiger partial charge is 0.410 e. The summed E-state index contributed by atoms with van der Waals surface area (Å²) in [7, 11) is 0. The molecule has 0 spiro atoms. The molecular weight excluding hydrogens is 366 g/mol. The Hall–Kier alpha value is -1.63. The molecule has 2 aliphatic heterocycles. The molecule has 2 atom stereocenters. The van der Waals surface area contributed by atoms with Crippen LogP contribution in [0.2, 0.25) is 0 Å². The average Bonchev–Trinajstić information content (AvgIpc) is 2.71. The lowest BCUT2D eigenvalue weighted by atomic mass is 9.85. The van der Waals surface area contributed by atoms with Gasteiger partial charge in [-0.25, -0.2) is 4.79 Å². The molecule has 6 heteroatoms. The first-order valence-corrected chi connectivity index (χ1v) is 11.2. The van der Waals surface area contributed by atoms with Gasteiger partial charge in [-0.1, -0.05) is 30.3 Å². The number of carbonyl (C=O) groups is 1. The van der Waals surface area contributed by atoms with Crippen molar-refractivity contribution in [3.63, 3.8) is 0 Å². The maximum absolute atomic E-state index is 12.3. The second kappa shape index (κ2) is 9.45. The number of nitrogens with zero attached hydrogens (tertiary/aromatic N) is 2. The van der Waals surface area contributed by atoms with Crippen LogP contribution in [0.5, 0.6) is 0 Å². The highest BCUT2D eigenvalue weighted by atomic mass is 16.6. The third-order valence-electron chi connectivity index (χ3n) is 6.68. The summed E-state index contributed by atoms with van der Waals surface area (Å²) in [6, 6.07) is 11.7. The third-order valence-corrected chi connectivity index (χ3v) is 6.68. The highest BCUT2D eigenvalue weighted by molar-refractivity contribution is 5.67. The van der Waals surface area contributed by atoms with E-state index in [1.54, 1.807) is 0 Å². The molecule has 4 rings (SSSR count). The minimum atomic E-state index is -0.210. The summed E-state index contributed by atoms with van der Waals surface area (Å²) in [5, 5.41) is 3.51. The summed E-state index contributed by atoms with van der Waals surface area (Å²) in [4.78, 5) is 16.8. The van der Waals surface area contributed by atoms with Crippen LogP contribution in [0.25, 0.3) is 0 Å². The first-order chi connectivity index (χ1) is 14.1. The molecule has 3 aliphatic rings. The number of likely N-dealkylation sites (tertiary alicyclic amines) is 1. The lowest BCUT2D eigenvalue weighted by Gasteiger charge is -2.51. The van der Waals surface area contributed by atoms with Gasteiger partial charge in [-0.15, -0.1) is 0 Å². The van der Waals surface area contributed by atoms with Crippen molar-refractivity contribution < 1.29 is 14.3 Å². The summed E-state index contributed by atoms with van der Waals surface area (Å²) >= 11 is 0. The van der Waals surface area contributed by atoms with Gasteiger partial charge in [-0.3, -0.25) is 4.90 Å². The van der Waals surface area contributed by atoms with Crippen LogP contribution in [0.3, 0.4) is 0 Å². The van der Waals surface area contributed by atoms with Gasteiger partial charge in [-0.05, 0) is 45.1 Å². The molecule has 1 aliphatic carbocycles. The van der Waals surface area contributed by atoms with E-state index in [1.165, 1.54) is 0 Å². The van der Waals surface area contributed by atoms with Crippen molar-refractivity contribution in [2.24, 2.45) is 0 Å². The quantitative estimate of drug-likeness (QED) is 0.822. The van der Waals surface area contributed by atoms with Crippen LogP contribution in [0, 0.1) is 0 Å². The molecule has 0 unspecified atom stereocenters. The molecule has 0 radical (unpaired) electrons. The van der Waals surface area contributed by atoms with Gasteiger partial charge in [0, 0.05) is 44.3 Å². The number of rotatable bonds is 5. The van der Waals surface area contributed by atoms with Crippen LogP contribution in [0.1, 0.15) is 45.1 Å². The zero-order chi connectivity index (χ0) is 20.2. The standard InChI is InChI=1S/C23H35N3O3/c1-17-14-24-15-18(2)26(17)20-12-22(13-20)29-21-8-10-25(11-9-21)23(27)28-16-19-6-4-3-5-7-19/h3-7,17-18,20-22,24H,8-16H2,1-2H3/t17-,18+,20?,22?. The largest absolute Gasteiger partial charge is 0.445 e. The van der Waals surface area contributed by atoms with Gasteiger partial charge in [-0.2, -0.15) is 0 Å². The number of ether oxygens (including phenoxy) is 2. The van der Waals surface area contributed by atoms with E-state index >= 15 is 0 Å². The molecule has 2 saturated heterocycles. The van der Waals surface area contributed by atoms with Crippen LogP contribution < -0.4 is 5.32 Å². The summed E-state index contributed by atoms with van der Waals surface area (Å²) in [6.07, 6.45) is 4.55. The number of nitrogens with one attached hydrogen (secondary N) is 1. The predicted octanol–water partition coefficient (Wildman–Crippen LogP) is 3.02. The van der Waals surface area contributed by atoms with Crippen LogP contribution in [0.15, 0.2) is 30.3 Å². The SMILES string of the molecule is C[C@@H]1CNC[C@H](C)N1C1CC(OC2CCN(C(=O)OCc3ccccc3)CC2)C1. The van der Waals surface area contributed by atoms with Crippen molar-refractivity contribution >= 4 is 6.09 Å². The molecule has 1 amide bonds. The Bertz CT molecular complexity index is 647. The molecule has 0 aromatic heterocycles. The first kappa shape index (κ1) is 20.6. The Labute approximate surface area is 174 Å². The molecule has 29 heavy (non-hydrogen) atoms. The maximum atomic E-state index is 12.3. The van der Waals surface area contributed by atoms with Crippen molar-refractivity contribution in [1.29, 1.82) is 0 Å². The number of carbonyl (C=O) groups excluding carboxylic acids is 1. The summed E-state index contributed by atoms with van der Waals surface area (Å²) in [5.41, 5.74) is 1.02. The molecule has 3 fully saturated rings. The van der Waals surface area contributed by atoms with E-state index in [2.05, 4.69) is 24.1 Å². The van der Waals surface area contributed by atoms with E-state index in [0.29, 0.717) is 30.8 Å². The number of piperazine rings is 1. The molecule has 6 nitrogen and oxygen atoms in total. The number of amides is 1. The maximum Gasteiger partial charge on any atom is 0.410 e. The zero-order valence-electron chi connectivity index (χ0n) is 17.8. The van der Waals surface area contributed by atoms with E-state index in [-0.39, 0.29) is 12.2 Å². The van der Waals surface area contributed by atoms with E-state index in [4.69, 9.17) is 9.47 Å². The van der Waals surface area contributed by atoms with E-state index in [9.17, 15) is 4.79 Å². The molecular formula is C23H35N3O3. The highest BCUT2D eigenvalue weighted by Crippen LogP contribution is 2.34. The van der Waals surface area contributed by atoms with Gasteiger partial charge in [0.2, 0.25) is 0 Å². The zero-order valence-corrected chi connectivity index (χ0v) is 17.8. The van der Waals surface area contributed by atoms with Crippen LogP contribution in [-0.4, -0.2) is 72.4 Å². The summed E-state index contributed by atoms with van der Waals surface area (Å²) in [5.74, 6) is 0. The summed E-state index contributed by atoms with van der Waals surface area (Å²) < 4.78 is 11.8. The molecule has 1 saturated carbocycles. The third kappa shape index (κ3) is 5.11. The van der Waals surface area contributed by atoms with Gasteiger partial charge in [0.05, 0.1) is 12.2 Å². The Morgan fingerprint density at radius 1 is 1.03 bits per heavy atom. The molecule has 0 bridgehead atoms. The Morgan fingerprint density at radius 2 is 1.69 bits per heavy atom. The van der Waals surface area contributed by atoms with E-state index < -0.39 is 0 Å². The minimum absolute atomic E-state index is 0.210.